The first-order valence-electron chi connectivity index (χ1n) is 29.8. The molecule has 0 N–H and O–H groups in total. The van der Waals surface area contributed by atoms with Gasteiger partial charge in [-0.3, -0.25) is 0 Å². The first-order valence-corrected chi connectivity index (χ1v) is 29.8. The quantitative estimate of drug-likeness (QED) is 0.142. The molecule has 0 saturated carbocycles. The Hall–Kier alpha value is -11.3. The van der Waals surface area contributed by atoms with Gasteiger partial charge in [0.25, 0.3) is 0 Å². The molecular weight excluding hydrogens is 1050 g/mol. The number of benzene rings is 11. The molecule has 0 fully saturated rings. The lowest BCUT2D eigenvalue weighted by Crippen LogP contribution is -2.16. The summed E-state index contributed by atoms with van der Waals surface area (Å²) in [6.45, 7) is 4.72. The largest absolute Gasteiger partial charge is 0.247 e. The zero-order chi connectivity index (χ0) is 57.7. The van der Waals surface area contributed by atoms with Crippen LogP contribution in [-0.4, -0.2) is 24.9 Å². The molecule has 87 heavy (non-hydrogen) atoms. The standard InChI is InChI=1S/C82H53N5/c1-82(2)68-30-18-17-29-65(68)79-76(82)74(75-62-28-16-15-19-51(62)35-42-73(75)87-79)56-33-31-50(32-34-56)59-45-60(66-48-57-36-40-69(52-20-7-3-8-21-52)83-77(57)80-63(66)38-43-71(85-80)54-24-11-5-12-25-54)47-61(46-59)67-49-58-37-41-70(53-22-9-4-10-23-53)84-78(58)81-64(67)39-44-72(86-81)55-26-13-6-14-27-55/h3-49H,1-2H3. The molecule has 0 spiro atoms. The van der Waals surface area contributed by atoms with E-state index in [0.717, 1.165) is 139 Å². The Bertz CT molecular complexity index is 5230. The normalized spacial score (nSPS) is 12.6. The second kappa shape index (κ2) is 19.9. The Balaban J connectivity index is 0.916. The van der Waals surface area contributed by atoms with Crippen LogP contribution in [-0.2, 0) is 5.41 Å². The lowest BCUT2D eigenvalue weighted by atomic mass is 9.78. The van der Waals surface area contributed by atoms with E-state index in [9.17, 15) is 0 Å². The summed E-state index contributed by atoms with van der Waals surface area (Å²) in [7, 11) is 0. The molecule has 406 valence electrons. The maximum Gasteiger partial charge on any atom is 0.0978 e. The van der Waals surface area contributed by atoms with Gasteiger partial charge in [0.05, 0.1) is 56.1 Å². The smallest absolute Gasteiger partial charge is 0.0978 e. The molecule has 5 heteroatoms. The van der Waals surface area contributed by atoms with Crippen molar-refractivity contribution in [2.45, 2.75) is 19.3 Å². The Morgan fingerprint density at radius 2 is 0.690 bits per heavy atom. The van der Waals surface area contributed by atoms with Crippen LogP contribution in [0.5, 0.6) is 0 Å². The molecule has 0 atom stereocenters. The van der Waals surface area contributed by atoms with Crippen molar-refractivity contribution < 1.29 is 0 Å². The first kappa shape index (κ1) is 50.3. The SMILES string of the molecule is CC1(C)c2ccccc2-c2nc3ccc4ccccc4c3c(-c3ccc(-c4cc(-c5cc6ccc(-c7ccccc7)nc6c6nc(-c7ccccc7)ccc56)cc(-c5cc6ccc(-c7ccccc7)nc6c6nc(-c7ccccc7)ccc56)c4)cc3)c21. The van der Waals surface area contributed by atoms with Crippen molar-refractivity contribution in [3.8, 4) is 101 Å². The van der Waals surface area contributed by atoms with Crippen LogP contribution < -0.4 is 0 Å². The van der Waals surface area contributed by atoms with Crippen LogP contribution >= 0.6 is 0 Å². The van der Waals surface area contributed by atoms with Gasteiger partial charge < -0.3 is 0 Å². The fraction of sp³-hybridized carbons (Fsp3) is 0.0366. The van der Waals surface area contributed by atoms with Gasteiger partial charge in [0.2, 0.25) is 0 Å². The average molecular weight is 1110 g/mol. The van der Waals surface area contributed by atoms with Gasteiger partial charge in [-0.15, -0.1) is 0 Å². The molecule has 5 aromatic heterocycles. The second-order valence-corrected chi connectivity index (χ2v) is 23.5. The molecule has 0 unspecified atom stereocenters. The summed E-state index contributed by atoms with van der Waals surface area (Å²) in [4.78, 5) is 27.4. The van der Waals surface area contributed by atoms with E-state index in [0.29, 0.717) is 0 Å². The van der Waals surface area contributed by atoms with E-state index >= 15 is 0 Å². The third-order valence-electron chi connectivity index (χ3n) is 18.0. The van der Waals surface area contributed by atoms with E-state index < -0.39 is 0 Å². The van der Waals surface area contributed by atoms with Crippen LogP contribution in [0.15, 0.2) is 285 Å². The average Bonchev–Trinajstić information content (AvgIpc) is 1.69. The van der Waals surface area contributed by atoms with E-state index in [-0.39, 0.29) is 5.41 Å². The fourth-order valence-electron chi connectivity index (χ4n) is 13.7. The monoisotopic (exact) mass is 1110 g/mol. The van der Waals surface area contributed by atoms with Gasteiger partial charge in [0, 0.05) is 60.2 Å². The van der Waals surface area contributed by atoms with Crippen LogP contribution in [0.4, 0.5) is 0 Å². The minimum absolute atomic E-state index is 0.294. The number of nitrogens with zero attached hydrogens (tertiary/aromatic N) is 5. The summed E-state index contributed by atoms with van der Waals surface area (Å²) >= 11 is 0. The molecule has 16 aromatic rings. The summed E-state index contributed by atoms with van der Waals surface area (Å²) in [5.41, 5.74) is 25.6. The third kappa shape index (κ3) is 8.34. The van der Waals surface area contributed by atoms with Crippen molar-refractivity contribution in [3.05, 3.63) is 296 Å². The van der Waals surface area contributed by atoms with Crippen LogP contribution in [0.1, 0.15) is 25.0 Å². The molecule has 5 heterocycles. The maximum absolute atomic E-state index is 5.54. The van der Waals surface area contributed by atoms with E-state index in [1.807, 2.05) is 24.3 Å². The maximum atomic E-state index is 5.54. The summed E-state index contributed by atoms with van der Waals surface area (Å²) in [5.74, 6) is 0. The molecule has 17 rings (SSSR count). The predicted octanol–water partition coefficient (Wildman–Crippen LogP) is 21.2. The Morgan fingerprint density at radius 3 is 1.22 bits per heavy atom. The van der Waals surface area contributed by atoms with Crippen LogP contribution in [0.25, 0.3) is 166 Å². The van der Waals surface area contributed by atoms with E-state index in [2.05, 4.69) is 275 Å². The van der Waals surface area contributed by atoms with E-state index in [1.165, 1.54) is 38.4 Å². The third-order valence-corrected chi connectivity index (χ3v) is 18.0. The molecule has 1 aliphatic rings. The first-order chi connectivity index (χ1) is 42.9. The zero-order valence-electron chi connectivity index (χ0n) is 47.9. The molecular formula is C82H53N5. The molecule has 11 aromatic carbocycles. The van der Waals surface area contributed by atoms with Crippen molar-refractivity contribution in [2.75, 3.05) is 0 Å². The Kier molecular flexibility index (Phi) is 11.5. The molecule has 0 amide bonds. The highest BCUT2D eigenvalue weighted by molar-refractivity contribution is 6.17. The highest BCUT2D eigenvalue weighted by Gasteiger charge is 2.40. The van der Waals surface area contributed by atoms with Gasteiger partial charge in [-0.05, 0) is 139 Å². The zero-order valence-corrected chi connectivity index (χ0v) is 47.9. The minimum Gasteiger partial charge on any atom is -0.247 e. The molecule has 0 aliphatic heterocycles. The Morgan fingerprint density at radius 1 is 0.264 bits per heavy atom. The van der Waals surface area contributed by atoms with Crippen molar-refractivity contribution in [1.29, 1.82) is 0 Å². The van der Waals surface area contributed by atoms with Crippen LogP contribution in [0.2, 0.25) is 0 Å². The molecule has 0 bridgehead atoms. The summed E-state index contributed by atoms with van der Waals surface area (Å²) in [6, 6.07) is 102. The van der Waals surface area contributed by atoms with E-state index in [1.54, 1.807) is 0 Å². The predicted molar refractivity (Wildman–Crippen MR) is 362 cm³/mol. The van der Waals surface area contributed by atoms with E-state index in [4.69, 9.17) is 24.9 Å². The van der Waals surface area contributed by atoms with Crippen LogP contribution in [0.3, 0.4) is 0 Å². The van der Waals surface area contributed by atoms with Gasteiger partial charge in [-0.2, -0.15) is 0 Å². The number of pyridine rings is 5. The van der Waals surface area contributed by atoms with Gasteiger partial charge in [-0.25, -0.2) is 24.9 Å². The molecule has 1 aliphatic carbocycles. The fourth-order valence-corrected chi connectivity index (χ4v) is 13.7. The Labute approximate surface area is 503 Å². The minimum atomic E-state index is -0.294. The number of rotatable bonds is 8. The second-order valence-electron chi connectivity index (χ2n) is 23.5. The van der Waals surface area contributed by atoms with Crippen molar-refractivity contribution >= 4 is 65.3 Å². The lowest BCUT2D eigenvalue weighted by Gasteiger charge is -2.26. The van der Waals surface area contributed by atoms with Gasteiger partial charge >= 0.3 is 0 Å². The van der Waals surface area contributed by atoms with Gasteiger partial charge in [0.1, 0.15) is 0 Å². The summed E-state index contributed by atoms with van der Waals surface area (Å²) < 4.78 is 0. The summed E-state index contributed by atoms with van der Waals surface area (Å²) in [6.07, 6.45) is 0. The topological polar surface area (TPSA) is 64.5 Å². The van der Waals surface area contributed by atoms with Crippen molar-refractivity contribution in [1.82, 2.24) is 24.9 Å². The highest BCUT2D eigenvalue weighted by Crippen LogP contribution is 2.54. The van der Waals surface area contributed by atoms with Crippen LogP contribution in [0, 0.1) is 0 Å². The van der Waals surface area contributed by atoms with Crippen molar-refractivity contribution in [3.63, 3.8) is 0 Å². The van der Waals surface area contributed by atoms with Crippen molar-refractivity contribution in [2.24, 2.45) is 0 Å². The number of fused-ring (bicyclic) bond motifs is 12. The van der Waals surface area contributed by atoms with Gasteiger partial charge in [0.15, 0.2) is 0 Å². The van der Waals surface area contributed by atoms with Gasteiger partial charge in [-0.1, -0.05) is 226 Å². The molecule has 5 nitrogen and oxygen atoms in total. The highest BCUT2D eigenvalue weighted by atomic mass is 14.8. The number of hydrogen-bond acceptors (Lipinski definition) is 5. The number of hydrogen-bond donors (Lipinski definition) is 0. The molecule has 0 saturated heterocycles. The number of aromatic nitrogens is 5. The molecule has 0 radical (unpaired) electrons. The summed E-state index contributed by atoms with van der Waals surface area (Å²) in [5, 5.41) is 7.63. The lowest BCUT2D eigenvalue weighted by molar-refractivity contribution is 0.662.